The minimum Gasteiger partial charge on any atom is -0.389 e. The van der Waals surface area contributed by atoms with Gasteiger partial charge < -0.3 is 10.4 Å². The molecular formula is C15H23NOS2. The van der Waals surface area contributed by atoms with Gasteiger partial charge in [-0.2, -0.15) is 0 Å². The minimum atomic E-state index is -0.456. The van der Waals surface area contributed by atoms with E-state index in [4.69, 9.17) is 0 Å². The van der Waals surface area contributed by atoms with Crippen molar-refractivity contribution in [3.05, 3.63) is 17.0 Å². The van der Waals surface area contributed by atoms with Crippen molar-refractivity contribution >= 4 is 23.1 Å². The normalized spacial score (nSPS) is 30.0. The van der Waals surface area contributed by atoms with E-state index in [-0.39, 0.29) is 0 Å². The SMILES string of the molecule is C[C@H]1CC(NCC2(O)CCCCC2)c2ccsc2S1. The van der Waals surface area contributed by atoms with Crippen LogP contribution in [0.5, 0.6) is 0 Å². The van der Waals surface area contributed by atoms with E-state index in [1.54, 1.807) is 0 Å². The maximum Gasteiger partial charge on any atom is 0.0771 e. The van der Waals surface area contributed by atoms with Crippen LogP contribution in [0.2, 0.25) is 0 Å². The highest BCUT2D eigenvalue weighted by Gasteiger charge is 2.32. The summed E-state index contributed by atoms with van der Waals surface area (Å²) in [4.78, 5) is 0. The van der Waals surface area contributed by atoms with E-state index in [2.05, 4.69) is 23.7 Å². The molecule has 3 rings (SSSR count). The molecule has 1 aliphatic heterocycles. The Morgan fingerprint density at radius 2 is 2.16 bits per heavy atom. The average molecular weight is 297 g/mol. The molecule has 1 saturated carbocycles. The summed E-state index contributed by atoms with van der Waals surface area (Å²) >= 11 is 3.85. The molecule has 2 nitrogen and oxygen atoms in total. The van der Waals surface area contributed by atoms with Gasteiger partial charge in [0.1, 0.15) is 0 Å². The molecule has 1 unspecified atom stereocenters. The first-order chi connectivity index (χ1) is 9.16. The fourth-order valence-electron chi connectivity index (χ4n) is 3.24. The average Bonchev–Trinajstić information content (AvgIpc) is 2.85. The summed E-state index contributed by atoms with van der Waals surface area (Å²) < 4.78 is 1.46. The second kappa shape index (κ2) is 5.76. The molecule has 1 aromatic heterocycles. The van der Waals surface area contributed by atoms with Crippen LogP contribution >= 0.6 is 23.1 Å². The van der Waals surface area contributed by atoms with Crippen molar-refractivity contribution in [2.75, 3.05) is 6.54 Å². The zero-order valence-corrected chi connectivity index (χ0v) is 13.2. The van der Waals surface area contributed by atoms with Gasteiger partial charge in [-0.05, 0) is 36.3 Å². The van der Waals surface area contributed by atoms with Crippen LogP contribution in [0.3, 0.4) is 0 Å². The number of hydrogen-bond acceptors (Lipinski definition) is 4. The van der Waals surface area contributed by atoms with E-state index in [0.29, 0.717) is 11.3 Å². The molecule has 0 spiro atoms. The maximum atomic E-state index is 10.6. The molecule has 0 saturated heterocycles. The molecule has 1 fully saturated rings. The summed E-state index contributed by atoms with van der Waals surface area (Å²) in [6.45, 7) is 3.06. The van der Waals surface area contributed by atoms with Gasteiger partial charge in [0.2, 0.25) is 0 Å². The Morgan fingerprint density at radius 1 is 1.37 bits per heavy atom. The molecule has 0 aromatic carbocycles. The van der Waals surface area contributed by atoms with E-state index in [9.17, 15) is 5.11 Å². The van der Waals surface area contributed by atoms with Crippen LogP contribution in [-0.4, -0.2) is 22.5 Å². The molecule has 2 aliphatic rings. The van der Waals surface area contributed by atoms with Gasteiger partial charge in [0.25, 0.3) is 0 Å². The first-order valence-corrected chi connectivity index (χ1v) is 9.12. The van der Waals surface area contributed by atoms with Crippen LogP contribution in [0.15, 0.2) is 15.7 Å². The number of fused-ring (bicyclic) bond motifs is 1. The summed E-state index contributed by atoms with van der Waals surface area (Å²) in [7, 11) is 0. The molecule has 1 aliphatic carbocycles. The number of rotatable bonds is 3. The summed E-state index contributed by atoms with van der Waals surface area (Å²) in [5.41, 5.74) is 0.995. The third-order valence-corrected chi connectivity index (χ3v) is 6.72. The largest absolute Gasteiger partial charge is 0.389 e. The smallest absolute Gasteiger partial charge is 0.0771 e. The maximum absolute atomic E-state index is 10.6. The summed E-state index contributed by atoms with van der Waals surface area (Å²) in [6.07, 6.45) is 6.75. The first-order valence-electron chi connectivity index (χ1n) is 7.36. The van der Waals surface area contributed by atoms with Crippen molar-refractivity contribution in [1.29, 1.82) is 0 Å². The van der Waals surface area contributed by atoms with Gasteiger partial charge in [-0.1, -0.05) is 26.2 Å². The lowest BCUT2D eigenvalue weighted by atomic mass is 9.84. The van der Waals surface area contributed by atoms with Crippen molar-refractivity contribution in [2.24, 2.45) is 0 Å². The Balaban J connectivity index is 1.64. The molecule has 2 atom stereocenters. The molecule has 2 N–H and O–H groups in total. The number of hydrogen-bond donors (Lipinski definition) is 2. The Morgan fingerprint density at radius 3 is 2.95 bits per heavy atom. The van der Waals surface area contributed by atoms with E-state index in [0.717, 1.165) is 19.4 Å². The van der Waals surface area contributed by atoms with Gasteiger partial charge in [-0.25, -0.2) is 0 Å². The van der Waals surface area contributed by atoms with Crippen LogP contribution in [-0.2, 0) is 0 Å². The number of thiophene rings is 1. The summed E-state index contributed by atoms with van der Waals surface area (Å²) in [5.74, 6) is 0. The Hall–Kier alpha value is -0.0300. The van der Waals surface area contributed by atoms with E-state index < -0.39 is 5.60 Å². The minimum absolute atomic E-state index is 0.434. The number of aliphatic hydroxyl groups is 1. The molecule has 106 valence electrons. The molecule has 4 heteroatoms. The van der Waals surface area contributed by atoms with E-state index >= 15 is 0 Å². The van der Waals surface area contributed by atoms with Gasteiger partial charge in [0, 0.05) is 17.8 Å². The first kappa shape index (κ1) is 13.9. The predicted octanol–water partition coefficient (Wildman–Crippen LogP) is 3.96. The number of thioether (sulfide) groups is 1. The van der Waals surface area contributed by atoms with Crippen molar-refractivity contribution in [3.63, 3.8) is 0 Å². The topological polar surface area (TPSA) is 32.3 Å². The lowest BCUT2D eigenvalue weighted by molar-refractivity contribution is 0.00228. The second-order valence-corrected chi connectivity index (χ2v) is 8.67. The molecule has 1 aromatic rings. The Kier molecular flexibility index (Phi) is 4.22. The van der Waals surface area contributed by atoms with Gasteiger partial charge >= 0.3 is 0 Å². The van der Waals surface area contributed by atoms with Gasteiger partial charge in [-0.15, -0.1) is 23.1 Å². The third kappa shape index (κ3) is 3.18. The molecule has 0 bridgehead atoms. The van der Waals surface area contributed by atoms with Gasteiger partial charge in [0.15, 0.2) is 0 Å². The van der Waals surface area contributed by atoms with Crippen LogP contribution in [0.1, 0.15) is 57.1 Å². The monoisotopic (exact) mass is 297 g/mol. The lowest BCUT2D eigenvalue weighted by Crippen LogP contribution is -2.44. The molecule has 0 radical (unpaired) electrons. The van der Waals surface area contributed by atoms with Crippen LogP contribution < -0.4 is 5.32 Å². The fourth-order valence-corrected chi connectivity index (χ4v) is 5.81. The van der Waals surface area contributed by atoms with Crippen molar-refractivity contribution in [2.45, 2.75) is 66.6 Å². The van der Waals surface area contributed by atoms with Crippen molar-refractivity contribution in [1.82, 2.24) is 5.32 Å². The summed E-state index contributed by atoms with van der Waals surface area (Å²) in [6, 6.07) is 2.69. The standard InChI is InChI=1S/C15H23NOS2/c1-11-9-13(12-5-8-18-14(12)19-11)16-10-15(17)6-3-2-4-7-15/h5,8,11,13,16-17H,2-4,6-7,9-10H2,1H3/t11-,13?/m0/s1. The summed E-state index contributed by atoms with van der Waals surface area (Å²) in [5, 5.41) is 17.1. The predicted molar refractivity (Wildman–Crippen MR) is 83.0 cm³/mol. The molecular weight excluding hydrogens is 274 g/mol. The molecule has 19 heavy (non-hydrogen) atoms. The quantitative estimate of drug-likeness (QED) is 0.886. The van der Waals surface area contributed by atoms with Crippen LogP contribution in [0, 0.1) is 0 Å². The third-order valence-electron chi connectivity index (χ3n) is 4.37. The highest BCUT2D eigenvalue weighted by atomic mass is 32.2. The highest BCUT2D eigenvalue weighted by Crippen LogP contribution is 2.44. The van der Waals surface area contributed by atoms with Gasteiger partial charge in [-0.3, -0.25) is 0 Å². The molecule has 2 heterocycles. The zero-order valence-electron chi connectivity index (χ0n) is 11.5. The van der Waals surface area contributed by atoms with Crippen molar-refractivity contribution in [3.8, 4) is 0 Å². The fraction of sp³-hybridized carbons (Fsp3) is 0.733. The van der Waals surface area contributed by atoms with Crippen molar-refractivity contribution < 1.29 is 5.11 Å². The highest BCUT2D eigenvalue weighted by molar-refractivity contribution is 8.01. The second-order valence-electron chi connectivity index (χ2n) is 6.05. The Bertz CT molecular complexity index is 426. The lowest BCUT2D eigenvalue weighted by Gasteiger charge is -2.35. The van der Waals surface area contributed by atoms with Crippen LogP contribution in [0.4, 0.5) is 0 Å². The van der Waals surface area contributed by atoms with E-state index in [1.165, 1.54) is 35.5 Å². The van der Waals surface area contributed by atoms with E-state index in [1.807, 2.05) is 23.1 Å². The van der Waals surface area contributed by atoms with Gasteiger partial charge in [0.05, 0.1) is 9.81 Å². The number of nitrogens with one attached hydrogen (secondary N) is 1. The zero-order chi connectivity index (χ0) is 13.3. The van der Waals surface area contributed by atoms with Crippen LogP contribution in [0.25, 0.3) is 0 Å². The molecule has 0 amide bonds. The Labute approximate surface area is 124 Å².